The number of benzene rings is 1. The van der Waals surface area contributed by atoms with Crippen molar-refractivity contribution < 1.29 is 0 Å². The molecule has 0 saturated carbocycles. The van der Waals surface area contributed by atoms with E-state index >= 15 is 0 Å². The first-order chi connectivity index (χ1) is 9.74. The van der Waals surface area contributed by atoms with Crippen molar-refractivity contribution in [2.45, 2.75) is 6.54 Å². The average Bonchev–Trinajstić information content (AvgIpc) is 2.92. The van der Waals surface area contributed by atoms with Gasteiger partial charge in [-0.2, -0.15) is 0 Å². The first-order valence-electron chi connectivity index (χ1n) is 6.65. The van der Waals surface area contributed by atoms with Crippen LogP contribution in [0.2, 0.25) is 0 Å². The summed E-state index contributed by atoms with van der Waals surface area (Å²) >= 11 is 0. The molecule has 0 aliphatic heterocycles. The summed E-state index contributed by atoms with van der Waals surface area (Å²) in [5.74, 6) is 0. The Bertz CT molecular complexity index is 715. The van der Waals surface area contributed by atoms with Crippen LogP contribution in [-0.2, 0) is 6.54 Å². The molecule has 0 radical (unpaired) electrons. The molecule has 0 atom stereocenters. The standard InChI is InChI=1S/C16H18N4/c1-20(2)16-6-7-17-11-15(16)19-10-12-3-4-14-13(9-12)5-8-18-14/h3-9,11,18-19H,10H2,1-2H3. The molecule has 0 amide bonds. The number of hydrogen-bond acceptors (Lipinski definition) is 3. The molecule has 0 aliphatic carbocycles. The number of pyridine rings is 1. The first-order valence-corrected chi connectivity index (χ1v) is 6.65. The van der Waals surface area contributed by atoms with E-state index < -0.39 is 0 Å². The van der Waals surface area contributed by atoms with E-state index in [2.05, 4.69) is 44.5 Å². The molecule has 1 aromatic carbocycles. The van der Waals surface area contributed by atoms with E-state index in [0.29, 0.717) is 0 Å². The minimum Gasteiger partial charge on any atom is -0.378 e. The van der Waals surface area contributed by atoms with Gasteiger partial charge >= 0.3 is 0 Å². The maximum atomic E-state index is 4.19. The highest BCUT2D eigenvalue weighted by atomic mass is 15.1. The number of hydrogen-bond donors (Lipinski definition) is 2. The number of nitrogens with one attached hydrogen (secondary N) is 2. The van der Waals surface area contributed by atoms with Gasteiger partial charge in [-0.25, -0.2) is 0 Å². The highest BCUT2D eigenvalue weighted by Gasteiger charge is 2.04. The molecular weight excluding hydrogens is 248 g/mol. The molecule has 0 aliphatic rings. The predicted octanol–water partition coefficient (Wildman–Crippen LogP) is 3.24. The van der Waals surface area contributed by atoms with Crippen molar-refractivity contribution in [3.05, 3.63) is 54.5 Å². The Morgan fingerprint density at radius 2 is 2.10 bits per heavy atom. The van der Waals surface area contributed by atoms with Gasteiger partial charge in [0.25, 0.3) is 0 Å². The molecule has 4 nitrogen and oxygen atoms in total. The fraction of sp³-hybridized carbons (Fsp3) is 0.188. The third-order valence-electron chi connectivity index (χ3n) is 3.38. The van der Waals surface area contributed by atoms with E-state index in [1.54, 1.807) is 0 Å². The number of fused-ring (bicyclic) bond motifs is 1. The van der Waals surface area contributed by atoms with Crippen molar-refractivity contribution >= 4 is 22.3 Å². The Balaban J connectivity index is 1.79. The van der Waals surface area contributed by atoms with Gasteiger partial charge in [0.2, 0.25) is 0 Å². The largest absolute Gasteiger partial charge is 0.378 e. The zero-order valence-corrected chi connectivity index (χ0v) is 11.7. The number of anilines is 2. The molecule has 2 aromatic heterocycles. The molecule has 3 aromatic rings. The summed E-state index contributed by atoms with van der Waals surface area (Å²) in [7, 11) is 4.07. The molecular formula is C16H18N4. The maximum Gasteiger partial charge on any atom is 0.0766 e. The van der Waals surface area contributed by atoms with E-state index in [-0.39, 0.29) is 0 Å². The summed E-state index contributed by atoms with van der Waals surface area (Å²) < 4.78 is 0. The Morgan fingerprint density at radius 3 is 2.95 bits per heavy atom. The third-order valence-corrected chi connectivity index (χ3v) is 3.38. The van der Waals surface area contributed by atoms with E-state index in [0.717, 1.165) is 17.9 Å². The topological polar surface area (TPSA) is 44.0 Å². The van der Waals surface area contributed by atoms with Gasteiger partial charge in [0.15, 0.2) is 0 Å². The average molecular weight is 266 g/mol. The highest BCUT2D eigenvalue weighted by Crippen LogP contribution is 2.23. The molecule has 4 heteroatoms. The summed E-state index contributed by atoms with van der Waals surface area (Å²) in [5, 5.41) is 4.69. The number of nitrogens with zero attached hydrogens (tertiary/aromatic N) is 2. The second kappa shape index (κ2) is 5.25. The first kappa shape index (κ1) is 12.5. The van der Waals surface area contributed by atoms with Crippen LogP contribution in [0.5, 0.6) is 0 Å². The summed E-state index contributed by atoms with van der Waals surface area (Å²) in [4.78, 5) is 9.48. The molecule has 0 bridgehead atoms. The Morgan fingerprint density at radius 1 is 1.20 bits per heavy atom. The molecule has 2 heterocycles. The van der Waals surface area contributed by atoms with Crippen LogP contribution in [0.1, 0.15) is 5.56 Å². The minimum absolute atomic E-state index is 0.785. The van der Waals surface area contributed by atoms with Crippen LogP contribution in [-0.4, -0.2) is 24.1 Å². The van der Waals surface area contributed by atoms with Crippen molar-refractivity contribution in [1.29, 1.82) is 0 Å². The van der Waals surface area contributed by atoms with Gasteiger partial charge in [-0.1, -0.05) is 6.07 Å². The van der Waals surface area contributed by atoms with Crippen LogP contribution in [0.4, 0.5) is 11.4 Å². The molecule has 0 fully saturated rings. The molecule has 20 heavy (non-hydrogen) atoms. The van der Waals surface area contributed by atoms with Crippen LogP contribution in [0.15, 0.2) is 48.9 Å². The lowest BCUT2D eigenvalue weighted by atomic mass is 10.1. The minimum atomic E-state index is 0.785. The van der Waals surface area contributed by atoms with E-state index in [4.69, 9.17) is 0 Å². The zero-order valence-electron chi connectivity index (χ0n) is 11.7. The van der Waals surface area contributed by atoms with Gasteiger partial charge in [0, 0.05) is 38.6 Å². The van der Waals surface area contributed by atoms with Crippen LogP contribution >= 0.6 is 0 Å². The number of H-pyrrole nitrogens is 1. The van der Waals surface area contributed by atoms with Gasteiger partial charge in [-0.3, -0.25) is 4.98 Å². The Kier molecular flexibility index (Phi) is 3.29. The van der Waals surface area contributed by atoms with Crippen molar-refractivity contribution in [3.8, 4) is 0 Å². The summed E-state index contributed by atoms with van der Waals surface area (Å²) in [6.45, 7) is 0.785. The Hall–Kier alpha value is -2.49. The van der Waals surface area contributed by atoms with Crippen LogP contribution in [0.3, 0.4) is 0 Å². The lowest BCUT2D eigenvalue weighted by Crippen LogP contribution is -2.12. The maximum absolute atomic E-state index is 4.19. The number of aromatic amines is 1. The van der Waals surface area contributed by atoms with Crippen molar-refractivity contribution in [2.24, 2.45) is 0 Å². The number of rotatable bonds is 4. The van der Waals surface area contributed by atoms with Crippen molar-refractivity contribution in [1.82, 2.24) is 9.97 Å². The lowest BCUT2D eigenvalue weighted by molar-refractivity contribution is 1.09. The molecule has 2 N–H and O–H groups in total. The quantitative estimate of drug-likeness (QED) is 0.762. The van der Waals surface area contributed by atoms with Crippen molar-refractivity contribution in [2.75, 3.05) is 24.3 Å². The second-order valence-corrected chi connectivity index (χ2v) is 5.04. The highest BCUT2D eigenvalue weighted by molar-refractivity contribution is 5.80. The Labute approximate surface area is 118 Å². The van der Waals surface area contributed by atoms with E-state index in [1.165, 1.54) is 16.5 Å². The van der Waals surface area contributed by atoms with Gasteiger partial charge in [-0.15, -0.1) is 0 Å². The van der Waals surface area contributed by atoms with Crippen LogP contribution in [0, 0.1) is 0 Å². The normalized spacial score (nSPS) is 10.7. The molecule has 3 rings (SSSR count). The van der Waals surface area contributed by atoms with E-state index in [1.807, 2.05) is 38.8 Å². The second-order valence-electron chi connectivity index (χ2n) is 5.04. The molecule has 0 unspecified atom stereocenters. The summed E-state index contributed by atoms with van der Waals surface area (Å²) in [5.41, 5.74) is 4.61. The predicted molar refractivity (Wildman–Crippen MR) is 84.2 cm³/mol. The van der Waals surface area contributed by atoms with Gasteiger partial charge in [0.05, 0.1) is 17.6 Å². The third kappa shape index (κ3) is 2.45. The van der Waals surface area contributed by atoms with Gasteiger partial charge in [0.1, 0.15) is 0 Å². The smallest absolute Gasteiger partial charge is 0.0766 e. The number of aromatic nitrogens is 2. The van der Waals surface area contributed by atoms with Crippen LogP contribution in [0.25, 0.3) is 10.9 Å². The SMILES string of the molecule is CN(C)c1ccncc1NCc1ccc2[nH]ccc2c1. The van der Waals surface area contributed by atoms with Gasteiger partial charge in [-0.05, 0) is 35.2 Å². The molecule has 0 spiro atoms. The van der Waals surface area contributed by atoms with Crippen molar-refractivity contribution in [3.63, 3.8) is 0 Å². The van der Waals surface area contributed by atoms with E-state index in [9.17, 15) is 0 Å². The monoisotopic (exact) mass is 266 g/mol. The molecule has 0 saturated heterocycles. The zero-order chi connectivity index (χ0) is 13.9. The summed E-state index contributed by atoms with van der Waals surface area (Å²) in [6, 6.07) is 10.6. The van der Waals surface area contributed by atoms with Crippen LogP contribution < -0.4 is 10.2 Å². The fourth-order valence-electron chi connectivity index (χ4n) is 2.32. The fourth-order valence-corrected chi connectivity index (χ4v) is 2.32. The molecule has 102 valence electrons. The lowest BCUT2D eigenvalue weighted by Gasteiger charge is -2.17. The summed E-state index contributed by atoms with van der Waals surface area (Å²) in [6.07, 6.45) is 5.64. The van der Waals surface area contributed by atoms with Gasteiger partial charge < -0.3 is 15.2 Å².